The second kappa shape index (κ2) is 15.0. The lowest BCUT2D eigenvalue weighted by atomic mass is 10.0. The van der Waals surface area contributed by atoms with Gasteiger partial charge in [0, 0.05) is 2.74 Å². The zero-order valence-electron chi connectivity index (χ0n) is 13.3. The van der Waals surface area contributed by atoms with Crippen LogP contribution >= 0.6 is 0 Å². The third kappa shape index (κ3) is 14.0. The van der Waals surface area contributed by atoms with E-state index in [1.54, 1.807) is 0 Å². The first-order chi connectivity index (χ1) is 8.91. The standard InChI is InChI=1S/C16H34/c1-3-5-7-9-11-13-15-16-14-12-10-8-6-4-2/h3-16H2,1-2H3/i1D,2D. The van der Waals surface area contributed by atoms with Crippen LogP contribution in [-0.4, -0.2) is 0 Å². The maximum Gasteiger partial charge on any atom is 0.0230 e. The van der Waals surface area contributed by atoms with Gasteiger partial charge in [-0.25, -0.2) is 0 Å². The molecule has 0 atom stereocenters. The van der Waals surface area contributed by atoms with Crippen molar-refractivity contribution in [3.05, 3.63) is 0 Å². The van der Waals surface area contributed by atoms with E-state index in [2.05, 4.69) is 0 Å². The molecule has 0 radical (unpaired) electrons. The van der Waals surface area contributed by atoms with E-state index < -0.39 is 0 Å². The van der Waals surface area contributed by atoms with E-state index in [9.17, 15) is 0 Å². The van der Waals surface area contributed by atoms with Crippen LogP contribution in [0.1, 0.15) is 106 Å². The second-order valence-corrected chi connectivity index (χ2v) is 4.95. The molecule has 0 rings (SSSR count). The minimum atomic E-state index is 0.613. The average Bonchev–Trinajstić information content (AvgIpc) is 2.39. The number of hydrogen-bond acceptors (Lipinski definition) is 0. The van der Waals surface area contributed by atoms with Crippen molar-refractivity contribution in [2.75, 3.05) is 0 Å². The highest BCUT2D eigenvalue weighted by atomic mass is 14.0. The van der Waals surface area contributed by atoms with Gasteiger partial charge in [0.25, 0.3) is 0 Å². The fourth-order valence-electron chi connectivity index (χ4n) is 2.12. The molecule has 0 spiro atoms. The first kappa shape index (κ1) is 12.5. The lowest BCUT2D eigenvalue weighted by Gasteiger charge is -2.02. The molecular formula is C16H34. The Morgan fingerprint density at radius 3 is 0.938 bits per heavy atom. The van der Waals surface area contributed by atoms with E-state index in [1.165, 1.54) is 77.0 Å². The van der Waals surface area contributed by atoms with Gasteiger partial charge < -0.3 is 0 Å². The summed E-state index contributed by atoms with van der Waals surface area (Å²) in [5, 5.41) is 0. The molecule has 0 aromatic heterocycles. The van der Waals surface area contributed by atoms with Gasteiger partial charge in [0.1, 0.15) is 0 Å². The SMILES string of the molecule is [2H]CCCCCCCCCCCCCCCC[2H]. The monoisotopic (exact) mass is 228 g/mol. The summed E-state index contributed by atoms with van der Waals surface area (Å²) >= 11 is 0. The molecule has 0 saturated carbocycles. The third-order valence-corrected chi connectivity index (χ3v) is 3.25. The van der Waals surface area contributed by atoms with Crippen molar-refractivity contribution in [2.24, 2.45) is 0 Å². The van der Waals surface area contributed by atoms with Crippen LogP contribution in [0.5, 0.6) is 0 Å². The maximum absolute atomic E-state index is 7.06. The number of unbranched alkanes of at least 4 members (excludes halogenated alkanes) is 13. The first-order valence-electron chi connectivity index (χ1n) is 8.91. The Morgan fingerprint density at radius 1 is 0.438 bits per heavy atom. The number of rotatable bonds is 13. The summed E-state index contributed by atoms with van der Waals surface area (Å²) in [4.78, 5) is 0. The minimum absolute atomic E-state index is 0.613. The highest BCUT2D eigenvalue weighted by molar-refractivity contribution is 4.48. The van der Waals surface area contributed by atoms with Crippen molar-refractivity contribution in [1.29, 1.82) is 0 Å². The zero-order chi connectivity index (χ0) is 13.3. The average molecular weight is 228 g/mol. The minimum Gasteiger partial charge on any atom is -0.0654 e. The molecule has 16 heavy (non-hydrogen) atoms. The molecule has 0 aromatic rings. The van der Waals surface area contributed by atoms with Crippen molar-refractivity contribution in [1.82, 2.24) is 0 Å². The van der Waals surface area contributed by atoms with Gasteiger partial charge in [0.05, 0.1) is 0 Å². The van der Waals surface area contributed by atoms with Crippen LogP contribution in [0, 0.1) is 0 Å². The first-order valence-corrected chi connectivity index (χ1v) is 7.50. The fraction of sp³-hybridized carbons (Fsp3) is 1.00. The summed E-state index contributed by atoms with van der Waals surface area (Å²) in [5.74, 6) is 0. The number of hydrogen-bond donors (Lipinski definition) is 0. The largest absolute Gasteiger partial charge is 0.0654 e. The zero-order valence-corrected chi connectivity index (χ0v) is 11.3. The van der Waals surface area contributed by atoms with E-state index in [-0.39, 0.29) is 0 Å². The molecule has 0 fully saturated rings. The molecule has 0 unspecified atom stereocenters. The molecule has 0 nitrogen and oxygen atoms in total. The lowest BCUT2D eigenvalue weighted by Crippen LogP contribution is -1.82. The van der Waals surface area contributed by atoms with E-state index in [4.69, 9.17) is 2.74 Å². The highest BCUT2D eigenvalue weighted by Gasteiger charge is 1.92. The molecule has 0 aliphatic rings. The topological polar surface area (TPSA) is 0 Å². The van der Waals surface area contributed by atoms with Gasteiger partial charge >= 0.3 is 0 Å². The Balaban J connectivity index is 2.86. The van der Waals surface area contributed by atoms with E-state index in [0.29, 0.717) is 13.8 Å². The Kier molecular flexibility index (Phi) is 11.7. The molecule has 0 saturated heterocycles. The molecule has 0 bridgehead atoms. The highest BCUT2D eigenvalue weighted by Crippen LogP contribution is 2.12. The normalized spacial score (nSPS) is 12.5. The fourth-order valence-corrected chi connectivity index (χ4v) is 2.12. The molecule has 0 amide bonds. The van der Waals surface area contributed by atoms with Crippen molar-refractivity contribution in [3.8, 4) is 0 Å². The quantitative estimate of drug-likeness (QED) is 0.316. The summed E-state index contributed by atoms with van der Waals surface area (Å²) < 4.78 is 14.1. The van der Waals surface area contributed by atoms with Gasteiger partial charge in [-0.3, -0.25) is 0 Å². The molecule has 98 valence electrons. The van der Waals surface area contributed by atoms with Crippen LogP contribution in [0.2, 0.25) is 0 Å². The van der Waals surface area contributed by atoms with Crippen LogP contribution in [0.25, 0.3) is 0 Å². The van der Waals surface area contributed by atoms with Crippen LogP contribution < -0.4 is 0 Å². The summed E-state index contributed by atoms with van der Waals surface area (Å²) in [7, 11) is 0. The molecule has 0 aromatic carbocycles. The molecule has 0 aliphatic heterocycles. The summed E-state index contributed by atoms with van der Waals surface area (Å²) in [5.41, 5.74) is 0. The van der Waals surface area contributed by atoms with Gasteiger partial charge in [-0.1, -0.05) is 104 Å². The summed E-state index contributed by atoms with van der Waals surface area (Å²) in [6.45, 7) is 1.23. The second-order valence-electron chi connectivity index (χ2n) is 4.95. The maximum atomic E-state index is 7.06. The van der Waals surface area contributed by atoms with E-state index in [1.807, 2.05) is 0 Å². The van der Waals surface area contributed by atoms with Crippen molar-refractivity contribution in [3.63, 3.8) is 0 Å². The third-order valence-electron chi connectivity index (χ3n) is 3.25. The summed E-state index contributed by atoms with van der Waals surface area (Å²) in [6.07, 6.45) is 18.7. The Bertz CT molecular complexity index is 121. The van der Waals surface area contributed by atoms with Crippen molar-refractivity contribution in [2.45, 2.75) is 104 Å². The predicted molar refractivity (Wildman–Crippen MR) is 76.0 cm³/mol. The van der Waals surface area contributed by atoms with Crippen LogP contribution in [0.4, 0.5) is 0 Å². The van der Waals surface area contributed by atoms with Gasteiger partial charge in [0.2, 0.25) is 0 Å². The van der Waals surface area contributed by atoms with Gasteiger partial charge in [0.15, 0.2) is 0 Å². The molecule has 0 heteroatoms. The van der Waals surface area contributed by atoms with E-state index >= 15 is 0 Å². The smallest absolute Gasteiger partial charge is 0.0230 e. The van der Waals surface area contributed by atoms with Crippen LogP contribution in [0.15, 0.2) is 0 Å². The molecule has 0 aliphatic carbocycles. The van der Waals surface area contributed by atoms with Gasteiger partial charge in [-0.2, -0.15) is 0 Å². The Morgan fingerprint density at radius 2 is 0.688 bits per heavy atom. The van der Waals surface area contributed by atoms with E-state index in [0.717, 1.165) is 12.8 Å². The molecule has 0 heterocycles. The predicted octanol–water partition coefficient (Wildman–Crippen LogP) is 6.49. The molecular weight excluding hydrogens is 192 g/mol. The van der Waals surface area contributed by atoms with Crippen molar-refractivity contribution >= 4 is 0 Å². The van der Waals surface area contributed by atoms with Crippen LogP contribution in [0.3, 0.4) is 0 Å². The van der Waals surface area contributed by atoms with Gasteiger partial charge in [-0.15, -0.1) is 0 Å². The lowest BCUT2D eigenvalue weighted by molar-refractivity contribution is 0.538. The summed E-state index contributed by atoms with van der Waals surface area (Å²) in [6, 6.07) is 0. The molecule has 0 N–H and O–H groups in total. The van der Waals surface area contributed by atoms with Gasteiger partial charge in [-0.05, 0) is 0 Å². The Hall–Kier alpha value is 0. The van der Waals surface area contributed by atoms with Crippen LogP contribution in [-0.2, 0) is 0 Å². The Labute approximate surface area is 107 Å². The van der Waals surface area contributed by atoms with Crippen molar-refractivity contribution < 1.29 is 2.74 Å².